The summed E-state index contributed by atoms with van der Waals surface area (Å²) in [6, 6.07) is 7.33. The lowest BCUT2D eigenvalue weighted by molar-refractivity contribution is 0.0652. The van der Waals surface area contributed by atoms with Gasteiger partial charge in [-0.05, 0) is 37.8 Å². The molecule has 25 heavy (non-hydrogen) atoms. The minimum atomic E-state index is -0.184. The number of carbonyl (C=O) groups excluding carboxylic acids is 2. The maximum absolute atomic E-state index is 12.3. The Labute approximate surface area is 149 Å². The number of hydrogen-bond donors (Lipinski definition) is 2. The van der Waals surface area contributed by atoms with Gasteiger partial charge in [-0.1, -0.05) is 26.0 Å². The van der Waals surface area contributed by atoms with Gasteiger partial charge in [0.25, 0.3) is 11.8 Å². The van der Waals surface area contributed by atoms with E-state index < -0.39 is 0 Å². The molecule has 1 heterocycles. The van der Waals surface area contributed by atoms with Gasteiger partial charge < -0.3 is 10.6 Å². The highest BCUT2D eigenvalue weighted by Crippen LogP contribution is 2.22. The third kappa shape index (κ3) is 4.59. The van der Waals surface area contributed by atoms with Gasteiger partial charge in [0.2, 0.25) is 0 Å². The van der Waals surface area contributed by atoms with E-state index >= 15 is 0 Å². The summed E-state index contributed by atoms with van der Waals surface area (Å²) in [4.78, 5) is 30.1. The summed E-state index contributed by atoms with van der Waals surface area (Å²) >= 11 is 0. The molecule has 1 aromatic rings. The largest absolute Gasteiger partial charge is 0.356 e. The van der Waals surface area contributed by atoms with Crippen LogP contribution in [0.15, 0.2) is 29.3 Å². The van der Waals surface area contributed by atoms with E-state index in [1.54, 1.807) is 31.3 Å². The Kier molecular flexibility index (Phi) is 6.56. The van der Waals surface area contributed by atoms with Crippen molar-refractivity contribution < 1.29 is 9.59 Å². The number of rotatable bonds is 7. The quantitative estimate of drug-likeness (QED) is 0.344. The monoisotopic (exact) mass is 344 g/mol. The molecule has 6 heteroatoms. The second-order valence-corrected chi connectivity index (χ2v) is 6.69. The molecule has 0 aromatic heterocycles. The lowest BCUT2D eigenvalue weighted by Crippen LogP contribution is -2.44. The second-order valence-electron chi connectivity index (χ2n) is 6.69. The van der Waals surface area contributed by atoms with Crippen molar-refractivity contribution in [2.75, 3.05) is 20.1 Å². The zero-order valence-corrected chi connectivity index (χ0v) is 15.5. The fourth-order valence-electron chi connectivity index (χ4n) is 2.62. The van der Waals surface area contributed by atoms with Crippen molar-refractivity contribution in [1.29, 1.82) is 0 Å². The maximum atomic E-state index is 12.3. The summed E-state index contributed by atoms with van der Waals surface area (Å²) in [5, 5.41) is 6.61. The highest BCUT2D eigenvalue weighted by Gasteiger charge is 2.34. The first-order valence-corrected chi connectivity index (χ1v) is 8.88. The van der Waals surface area contributed by atoms with Gasteiger partial charge in [0.15, 0.2) is 5.96 Å². The summed E-state index contributed by atoms with van der Waals surface area (Å²) in [5.74, 6) is 0.933. The number of nitrogens with zero attached hydrogens (tertiary/aromatic N) is 2. The van der Waals surface area contributed by atoms with Crippen molar-refractivity contribution in [3.05, 3.63) is 35.4 Å². The molecule has 6 nitrogen and oxygen atoms in total. The van der Waals surface area contributed by atoms with Gasteiger partial charge in [-0.15, -0.1) is 0 Å². The Morgan fingerprint density at radius 1 is 1.08 bits per heavy atom. The summed E-state index contributed by atoms with van der Waals surface area (Å²) < 4.78 is 0. The predicted molar refractivity (Wildman–Crippen MR) is 99.8 cm³/mol. The lowest BCUT2D eigenvalue weighted by Gasteiger charge is -2.21. The summed E-state index contributed by atoms with van der Waals surface area (Å²) in [5.41, 5.74) is 1.02. The Morgan fingerprint density at radius 2 is 1.68 bits per heavy atom. The SMILES string of the molecule is CN=C(NCCCCN1C(=O)c2ccccc2C1=O)NC(C)C(C)C. The van der Waals surface area contributed by atoms with Gasteiger partial charge in [-0.2, -0.15) is 0 Å². The Balaban J connectivity index is 1.74. The van der Waals surface area contributed by atoms with Crippen molar-refractivity contribution in [2.45, 2.75) is 39.7 Å². The molecule has 1 unspecified atom stereocenters. The van der Waals surface area contributed by atoms with Crippen LogP contribution in [0.2, 0.25) is 0 Å². The van der Waals surface area contributed by atoms with Crippen LogP contribution in [-0.4, -0.2) is 48.9 Å². The van der Waals surface area contributed by atoms with Crippen LogP contribution in [0.4, 0.5) is 0 Å². The average molecular weight is 344 g/mol. The van der Waals surface area contributed by atoms with Crippen molar-refractivity contribution in [1.82, 2.24) is 15.5 Å². The molecule has 2 amide bonds. The van der Waals surface area contributed by atoms with E-state index in [1.807, 2.05) is 0 Å². The first-order chi connectivity index (χ1) is 12.0. The summed E-state index contributed by atoms with van der Waals surface area (Å²) in [7, 11) is 1.75. The molecule has 0 aliphatic carbocycles. The highest BCUT2D eigenvalue weighted by atomic mass is 16.2. The molecule has 0 radical (unpaired) electrons. The van der Waals surface area contributed by atoms with E-state index in [0.717, 1.165) is 25.3 Å². The molecule has 2 rings (SSSR count). The maximum Gasteiger partial charge on any atom is 0.261 e. The second kappa shape index (κ2) is 8.65. The Morgan fingerprint density at radius 3 is 2.20 bits per heavy atom. The van der Waals surface area contributed by atoms with Crippen molar-refractivity contribution in [2.24, 2.45) is 10.9 Å². The third-order valence-corrected chi connectivity index (χ3v) is 4.57. The van der Waals surface area contributed by atoms with Crippen molar-refractivity contribution in [3.63, 3.8) is 0 Å². The van der Waals surface area contributed by atoms with Crippen molar-refractivity contribution in [3.8, 4) is 0 Å². The lowest BCUT2D eigenvalue weighted by atomic mass is 10.1. The molecule has 1 aliphatic heterocycles. The van der Waals surface area contributed by atoms with Gasteiger partial charge >= 0.3 is 0 Å². The third-order valence-electron chi connectivity index (χ3n) is 4.57. The van der Waals surface area contributed by atoms with Crippen LogP contribution in [0.5, 0.6) is 0 Å². The summed E-state index contributed by atoms with van der Waals surface area (Å²) in [6.07, 6.45) is 1.61. The average Bonchev–Trinajstić information content (AvgIpc) is 2.85. The van der Waals surface area contributed by atoms with Crippen molar-refractivity contribution >= 4 is 17.8 Å². The van der Waals surface area contributed by atoms with Crippen LogP contribution in [0.25, 0.3) is 0 Å². The van der Waals surface area contributed by atoms with E-state index in [4.69, 9.17) is 0 Å². The molecule has 1 aliphatic rings. The van der Waals surface area contributed by atoms with Gasteiger partial charge in [-0.25, -0.2) is 0 Å². The van der Waals surface area contributed by atoms with Crippen LogP contribution in [0, 0.1) is 5.92 Å². The molecule has 1 aromatic carbocycles. The summed E-state index contributed by atoms with van der Waals surface area (Å²) in [6.45, 7) is 7.63. The number of benzene rings is 1. The van der Waals surface area contributed by atoms with E-state index in [9.17, 15) is 9.59 Å². The first-order valence-electron chi connectivity index (χ1n) is 8.88. The molecule has 2 N–H and O–H groups in total. The Hall–Kier alpha value is -2.37. The number of imide groups is 1. The minimum absolute atomic E-state index is 0.184. The number of guanidine groups is 1. The van der Waals surface area contributed by atoms with Crippen LogP contribution < -0.4 is 10.6 Å². The topological polar surface area (TPSA) is 73.8 Å². The van der Waals surface area contributed by atoms with Gasteiger partial charge in [-0.3, -0.25) is 19.5 Å². The molecule has 0 saturated heterocycles. The van der Waals surface area contributed by atoms with Crippen LogP contribution in [0.1, 0.15) is 54.3 Å². The van der Waals surface area contributed by atoms with Crippen LogP contribution >= 0.6 is 0 Å². The minimum Gasteiger partial charge on any atom is -0.356 e. The van der Waals surface area contributed by atoms with Gasteiger partial charge in [0.05, 0.1) is 11.1 Å². The van der Waals surface area contributed by atoms with Crippen LogP contribution in [-0.2, 0) is 0 Å². The number of fused-ring (bicyclic) bond motifs is 1. The fraction of sp³-hybridized carbons (Fsp3) is 0.526. The van der Waals surface area contributed by atoms with Crippen LogP contribution in [0.3, 0.4) is 0 Å². The van der Waals surface area contributed by atoms with E-state index in [0.29, 0.717) is 29.6 Å². The number of hydrogen-bond acceptors (Lipinski definition) is 3. The predicted octanol–water partition coefficient (Wildman–Crippen LogP) is 2.27. The number of aliphatic imine (C=N–C) groups is 1. The van der Waals surface area contributed by atoms with Gasteiger partial charge in [0, 0.05) is 26.2 Å². The van der Waals surface area contributed by atoms with E-state index in [-0.39, 0.29) is 11.8 Å². The molecule has 0 spiro atoms. The smallest absolute Gasteiger partial charge is 0.261 e. The molecule has 136 valence electrons. The number of amides is 2. The zero-order valence-electron chi connectivity index (χ0n) is 15.5. The standard InChI is InChI=1S/C19H28N4O2/c1-13(2)14(3)22-19(20-4)21-11-7-8-12-23-17(24)15-9-5-6-10-16(15)18(23)25/h5-6,9-10,13-14H,7-8,11-12H2,1-4H3,(H2,20,21,22). The molecular formula is C19H28N4O2. The zero-order chi connectivity index (χ0) is 18.4. The molecule has 0 fully saturated rings. The molecule has 0 saturated carbocycles. The van der Waals surface area contributed by atoms with E-state index in [1.165, 1.54) is 4.90 Å². The highest BCUT2D eigenvalue weighted by molar-refractivity contribution is 6.21. The molecular weight excluding hydrogens is 316 g/mol. The van der Waals surface area contributed by atoms with Gasteiger partial charge in [0.1, 0.15) is 0 Å². The number of unbranched alkanes of at least 4 members (excludes halogenated alkanes) is 1. The number of carbonyl (C=O) groups is 2. The normalized spacial score (nSPS) is 15.6. The molecule has 1 atom stereocenters. The first kappa shape index (κ1) is 19.0. The molecule has 0 bridgehead atoms. The number of nitrogens with one attached hydrogen (secondary N) is 2. The Bertz CT molecular complexity index is 620. The fourth-order valence-corrected chi connectivity index (χ4v) is 2.62. The van der Waals surface area contributed by atoms with E-state index in [2.05, 4.69) is 36.4 Å².